The van der Waals surface area contributed by atoms with E-state index in [1.54, 1.807) is 29.3 Å². The topological polar surface area (TPSA) is 54.5 Å². The summed E-state index contributed by atoms with van der Waals surface area (Å²) in [7, 11) is 0. The van der Waals surface area contributed by atoms with Crippen LogP contribution in [0.25, 0.3) is 10.9 Å². The van der Waals surface area contributed by atoms with Gasteiger partial charge in [-0.1, -0.05) is 41.4 Å². The highest BCUT2D eigenvalue weighted by molar-refractivity contribution is 6.35. The number of carbonyl (C=O) groups is 1. The number of hydrogen-bond donors (Lipinski definition) is 1. The highest BCUT2D eigenvalue weighted by Gasteiger charge is 2.23. The summed E-state index contributed by atoms with van der Waals surface area (Å²) >= 11 is 12.5. The number of carbonyl (C=O) groups excluding carboxylic acids is 1. The molecule has 5 nitrogen and oxygen atoms in total. The Morgan fingerprint density at radius 2 is 1.89 bits per heavy atom. The summed E-state index contributed by atoms with van der Waals surface area (Å²) in [5.74, 6) is -0.0859. The van der Waals surface area contributed by atoms with Crippen molar-refractivity contribution < 1.29 is 9.53 Å². The maximum absolute atomic E-state index is 13.1. The molecule has 0 aliphatic carbocycles. The molecule has 138 valence electrons. The molecule has 1 aliphatic heterocycles. The van der Waals surface area contributed by atoms with Gasteiger partial charge < -0.3 is 15.0 Å². The second-order valence-corrected chi connectivity index (χ2v) is 7.06. The monoisotopic (exact) mass is 401 g/mol. The minimum absolute atomic E-state index is 0.0859. The summed E-state index contributed by atoms with van der Waals surface area (Å²) in [5.41, 5.74) is 2.58. The number of morpholine rings is 1. The molecule has 0 bridgehead atoms. The third-order valence-corrected chi connectivity index (χ3v) is 5.06. The number of para-hydroxylation sites is 1. The van der Waals surface area contributed by atoms with Gasteiger partial charge in [0.05, 0.1) is 40.7 Å². The Morgan fingerprint density at radius 1 is 1.11 bits per heavy atom. The van der Waals surface area contributed by atoms with Crippen LogP contribution in [0.1, 0.15) is 10.4 Å². The van der Waals surface area contributed by atoms with Crippen molar-refractivity contribution in [1.82, 2.24) is 9.88 Å². The van der Waals surface area contributed by atoms with Gasteiger partial charge >= 0.3 is 0 Å². The second kappa shape index (κ2) is 7.72. The SMILES string of the molecule is O=C(c1cnc2ccccc2c1Nc1cc(Cl)ccc1Cl)N1CCOCC1. The molecule has 0 unspecified atom stereocenters. The largest absolute Gasteiger partial charge is 0.378 e. The summed E-state index contributed by atoms with van der Waals surface area (Å²) in [4.78, 5) is 19.4. The van der Waals surface area contributed by atoms with E-state index in [-0.39, 0.29) is 5.91 Å². The molecular weight excluding hydrogens is 385 g/mol. The zero-order chi connectivity index (χ0) is 18.8. The number of rotatable bonds is 3. The van der Waals surface area contributed by atoms with E-state index in [0.717, 1.165) is 10.9 Å². The Balaban J connectivity index is 1.82. The van der Waals surface area contributed by atoms with Crippen LogP contribution in [0.15, 0.2) is 48.7 Å². The van der Waals surface area contributed by atoms with Crippen molar-refractivity contribution in [2.24, 2.45) is 0 Å². The molecule has 0 saturated carbocycles. The minimum Gasteiger partial charge on any atom is -0.378 e. The predicted octanol–water partition coefficient (Wildman–Crippen LogP) is 4.76. The molecule has 4 rings (SSSR count). The fourth-order valence-corrected chi connectivity index (χ4v) is 3.44. The second-order valence-electron chi connectivity index (χ2n) is 6.22. The smallest absolute Gasteiger partial charge is 0.257 e. The molecule has 1 aromatic heterocycles. The van der Waals surface area contributed by atoms with E-state index >= 15 is 0 Å². The van der Waals surface area contributed by atoms with Gasteiger partial charge in [0.1, 0.15) is 0 Å². The average molecular weight is 402 g/mol. The highest BCUT2D eigenvalue weighted by Crippen LogP contribution is 2.34. The lowest BCUT2D eigenvalue weighted by Gasteiger charge is -2.28. The number of ether oxygens (including phenoxy) is 1. The molecule has 1 N–H and O–H groups in total. The van der Waals surface area contributed by atoms with Crippen LogP contribution in [-0.4, -0.2) is 42.1 Å². The quantitative estimate of drug-likeness (QED) is 0.687. The zero-order valence-electron chi connectivity index (χ0n) is 14.4. The first-order valence-corrected chi connectivity index (χ1v) is 9.36. The molecule has 2 aromatic carbocycles. The summed E-state index contributed by atoms with van der Waals surface area (Å²) < 4.78 is 5.35. The zero-order valence-corrected chi connectivity index (χ0v) is 15.9. The lowest BCUT2D eigenvalue weighted by atomic mass is 10.1. The first kappa shape index (κ1) is 18.0. The summed E-state index contributed by atoms with van der Waals surface area (Å²) in [6, 6.07) is 12.8. The number of amides is 1. The first-order valence-electron chi connectivity index (χ1n) is 8.60. The molecule has 1 fully saturated rings. The molecule has 7 heteroatoms. The lowest BCUT2D eigenvalue weighted by Crippen LogP contribution is -2.41. The first-order chi connectivity index (χ1) is 13.1. The Morgan fingerprint density at radius 3 is 2.70 bits per heavy atom. The van der Waals surface area contributed by atoms with Gasteiger partial charge in [-0.3, -0.25) is 9.78 Å². The fourth-order valence-electron chi connectivity index (χ4n) is 3.10. The van der Waals surface area contributed by atoms with E-state index < -0.39 is 0 Å². The molecule has 1 aliphatic rings. The standard InChI is InChI=1S/C20H17Cl2N3O2/c21-13-5-6-16(22)18(11-13)24-19-14-3-1-2-4-17(14)23-12-15(19)20(26)25-7-9-27-10-8-25/h1-6,11-12H,7-10H2,(H,23,24). The molecule has 2 heterocycles. The Labute approximate surface area is 166 Å². The maximum Gasteiger partial charge on any atom is 0.257 e. The molecular formula is C20H17Cl2N3O2. The molecule has 27 heavy (non-hydrogen) atoms. The summed E-state index contributed by atoms with van der Waals surface area (Å²) in [6.07, 6.45) is 1.61. The summed E-state index contributed by atoms with van der Waals surface area (Å²) in [5, 5.41) is 5.23. The van der Waals surface area contributed by atoms with Crippen LogP contribution >= 0.6 is 23.2 Å². The molecule has 3 aromatic rings. The Kier molecular flexibility index (Phi) is 5.16. The number of halogens is 2. The number of aromatic nitrogens is 1. The normalized spacial score (nSPS) is 14.4. The molecule has 1 amide bonds. The number of fused-ring (bicyclic) bond motifs is 1. The van der Waals surface area contributed by atoms with Crippen LogP contribution in [0.5, 0.6) is 0 Å². The van der Waals surface area contributed by atoms with Gasteiger partial charge in [0.2, 0.25) is 0 Å². The van der Waals surface area contributed by atoms with Crippen LogP contribution in [0.4, 0.5) is 11.4 Å². The maximum atomic E-state index is 13.1. The van der Waals surface area contributed by atoms with E-state index in [1.165, 1.54) is 0 Å². The summed E-state index contributed by atoms with van der Waals surface area (Å²) in [6.45, 7) is 2.19. The van der Waals surface area contributed by atoms with Gasteiger partial charge in [0, 0.05) is 29.7 Å². The van der Waals surface area contributed by atoms with E-state index in [4.69, 9.17) is 27.9 Å². The van der Waals surface area contributed by atoms with Gasteiger partial charge in [-0.05, 0) is 24.3 Å². The fraction of sp³-hybridized carbons (Fsp3) is 0.200. The lowest BCUT2D eigenvalue weighted by molar-refractivity contribution is 0.0303. The van der Waals surface area contributed by atoms with E-state index in [9.17, 15) is 4.79 Å². The molecule has 0 radical (unpaired) electrons. The number of nitrogens with one attached hydrogen (secondary N) is 1. The van der Waals surface area contributed by atoms with Crippen molar-refractivity contribution in [1.29, 1.82) is 0 Å². The van der Waals surface area contributed by atoms with Crippen LogP contribution in [0.2, 0.25) is 10.0 Å². The van der Waals surface area contributed by atoms with Crippen molar-refractivity contribution in [3.63, 3.8) is 0 Å². The molecule has 0 spiro atoms. The van der Waals surface area contributed by atoms with Crippen molar-refractivity contribution in [3.05, 3.63) is 64.3 Å². The van der Waals surface area contributed by atoms with Crippen LogP contribution in [0, 0.1) is 0 Å². The van der Waals surface area contributed by atoms with Crippen LogP contribution in [0.3, 0.4) is 0 Å². The van der Waals surface area contributed by atoms with Crippen molar-refractivity contribution in [2.75, 3.05) is 31.6 Å². The average Bonchev–Trinajstić information content (AvgIpc) is 2.71. The predicted molar refractivity (Wildman–Crippen MR) is 108 cm³/mol. The minimum atomic E-state index is -0.0859. The van der Waals surface area contributed by atoms with Crippen molar-refractivity contribution in [2.45, 2.75) is 0 Å². The number of benzene rings is 2. The highest BCUT2D eigenvalue weighted by atomic mass is 35.5. The number of pyridine rings is 1. The van der Waals surface area contributed by atoms with Crippen molar-refractivity contribution >= 4 is 51.4 Å². The number of nitrogens with zero attached hydrogens (tertiary/aromatic N) is 2. The van der Waals surface area contributed by atoms with E-state index in [2.05, 4.69) is 10.3 Å². The van der Waals surface area contributed by atoms with E-state index in [1.807, 2.05) is 24.3 Å². The van der Waals surface area contributed by atoms with Crippen LogP contribution in [-0.2, 0) is 4.74 Å². The van der Waals surface area contributed by atoms with Crippen molar-refractivity contribution in [3.8, 4) is 0 Å². The van der Waals surface area contributed by atoms with Gasteiger partial charge in [0.15, 0.2) is 0 Å². The third kappa shape index (κ3) is 3.72. The Bertz CT molecular complexity index is 1000. The number of anilines is 2. The van der Waals surface area contributed by atoms with Gasteiger partial charge in [-0.25, -0.2) is 0 Å². The van der Waals surface area contributed by atoms with Crippen LogP contribution < -0.4 is 5.32 Å². The van der Waals surface area contributed by atoms with Gasteiger partial charge in [0.25, 0.3) is 5.91 Å². The Hall–Kier alpha value is -2.34. The van der Waals surface area contributed by atoms with Gasteiger partial charge in [-0.15, -0.1) is 0 Å². The third-order valence-electron chi connectivity index (χ3n) is 4.49. The molecule has 0 atom stereocenters. The van der Waals surface area contributed by atoms with E-state index in [0.29, 0.717) is 53.3 Å². The number of hydrogen-bond acceptors (Lipinski definition) is 4. The molecule has 1 saturated heterocycles. The van der Waals surface area contributed by atoms with Gasteiger partial charge in [-0.2, -0.15) is 0 Å².